The molecule has 6 heteroatoms. The molecule has 87 heavy (non-hydrogen) atoms. The van der Waals surface area contributed by atoms with Gasteiger partial charge in [-0.1, -0.05) is 444 Å². The molecular weight excluding hydrogens is 1070 g/mol. The number of nitrogens with one attached hydrogen (secondary N) is 1. The van der Waals surface area contributed by atoms with Gasteiger partial charge >= 0.3 is 5.97 Å². The fraction of sp³-hybridized carbons (Fsp3) is 0.975. The number of aliphatic hydroxyl groups is 2. The van der Waals surface area contributed by atoms with Gasteiger partial charge in [-0.2, -0.15) is 0 Å². The maximum absolute atomic E-state index is 12.6. The summed E-state index contributed by atoms with van der Waals surface area (Å²) in [5.74, 6) is 0.00228. The second-order valence-corrected chi connectivity index (χ2v) is 28.5. The second-order valence-electron chi connectivity index (χ2n) is 28.5. The predicted octanol–water partition coefficient (Wildman–Crippen LogP) is 26.9. The van der Waals surface area contributed by atoms with Crippen LogP contribution in [0.25, 0.3) is 0 Å². The van der Waals surface area contributed by atoms with Crippen LogP contribution in [-0.2, 0) is 14.3 Å². The minimum absolute atomic E-state index is 0.0245. The van der Waals surface area contributed by atoms with Crippen LogP contribution < -0.4 is 5.32 Å². The third-order valence-electron chi connectivity index (χ3n) is 19.7. The molecule has 0 aromatic carbocycles. The number of carbonyl (C=O) groups is 2. The molecule has 0 radical (unpaired) electrons. The number of hydrogen-bond donors (Lipinski definition) is 3. The van der Waals surface area contributed by atoms with Gasteiger partial charge in [-0.3, -0.25) is 9.59 Å². The number of unbranched alkanes of at least 4 members (excludes halogenated alkanes) is 67. The Hall–Kier alpha value is -1.14. The van der Waals surface area contributed by atoms with E-state index in [4.69, 9.17) is 4.74 Å². The minimum atomic E-state index is -0.661. The van der Waals surface area contributed by atoms with Crippen molar-refractivity contribution in [2.24, 2.45) is 0 Å². The van der Waals surface area contributed by atoms with Crippen LogP contribution in [0.3, 0.4) is 0 Å². The van der Waals surface area contributed by atoms with Gasteiger partial charge in [-0.15, -0.1) is 0 Å². The average Bonchev–Trinajstić information content (AvgIpc) is 3.53. The van der Waals surface area contributed by atoms with Gasteiger partial charge in [0.15, 0.2) is 0 Å². The SMILES string of the molecule is CCCCCCCCCCCCCCCCCCCCCCCC(O)C(CO)NC(=O)CCCCCCCCCCCCCCCCCCCCCCCCCCCCCCCCCOC(=O)CCCCCCCCCCCCCCCCCCCC. The Kier molecular flexibility index (Phi) is 76.3. The van der Waals surface area contributed by atoms with Crippen LogP contribution in [0.2, 0.25) is 0 Å². The Bertz CT molecular complexity index is 1280. The third kappa shape index (κ3) is 73.8. The molecule has 3 N–H and O–H groups in total. The molecule has 0 fully saturated rings. The van der Waals surface area contributed by atoms with Crippen LogP contribution in [0.15, 0.2) is 0 Å². The largest absolute Gasteiger partial charge is 0.466 e. The van der Waals surface area contributed by atoms with Gasteiger partial charge < -0.3 is 20.3 Å². The lowest BCUT2D eigenvalue weighted by Gasteiger charge is -2.22. The zero-order valence-electron chi connectivity index (χ0n) is 59.8. The molecule has 6 nitrogen and oxygen atoms in total. The van der Waals surface area contributed by atoms with E-state index in [1.807, 2.05) is 0 Å². The highest BCUT2D eigenvalue weighted by Gasteiger charge is 2.20. The highest BCUT2D eigenvalue weighted by molar-refractivity contribution is 5.76. The molecule has 2 atom stereocenters. The Morgan fingerprint density at radius 1 is 0.276 bits per heavy atom. The molecule has 0 aromatic rings. The predicted molar refractivity (Wildman–Crippen MR) is 384 cm³/mol. The van der Waals surface area contributed by atoms with Crippen LogP contribution in [0.1, 0.15) is 483 Å². The van der Waals surface area contributed by atoms with Crippen LogP contribution in [-0.4, -0.2) is 47.4 Å². The zero-order valence-corrected chi connectivity index (χ0v) is 59.8. The van der Waals surface area contributed by atoms with E-state index >= 15 is 0 Å². The summed E-state index contributed by atoms with van der Waals surface area (Å²) in [4.78, 5) is 24.7. The fourth-order valence-electron chi connectivity index (χ4n) is 13.5. The number of carbonyl (C=O) groups excluding carboxylic acids is 2. The number of hydrogen-bond acceptors (Lipinski definition) is 5. The van der Waals surface area contributed by atoms with E-state index < -0.39 is 12.1 Å². The molecule has 2 unspecified atom stereocenters. The topological polar surface area (TPSA) is 95.9 Å². The summed E-state index contributed by atoms with van der Waals surface area (Å²) in [6.45, 7) is 5.03. The highest BCUT2D eigenvalue weighted by atomic mass is 16.5. The molecule has 1 amide bonds. The number of ether oxygens (including phenoxy) is 1. The van der Waals surface area contributed by atoms with Gasteiger partial charge in [-0.05, 0) is 25.7 Å². The van der Waals surface area contributed by atoms with Crippen molar-refractivity contribution in [2.75, 3.05) is 13.2 Å². The lowest BCUT2D eigenvalue weighted by molar-refractivity contribution is -0.143. The van der Waals surface area contributed by atoms with Crippen LogP contribution in [0, 0.1) is 0 Å². The third-order valence-corrected chi connectivity index (χ3v) is 19.7. The molecule has 0 saturated carbocycles. The van der Waals surface area contributed by atoms with Crippen molar-refractivity contribution < 1.29 is 24.5 Å². The molecule has 0 aliphatic heterocycles. The lowest BCUT2D eigenvalue weighted by atomic mass is 10.0. The van der Waals surface area contributed by atoms with E-state index in [-0.39, 0.29) is 18.5 Å². The van der Waals surface area contributed by atoms with Gasteiger partial charge in [0.25, 0.3) is 0 Å². The smallest absolute Gasteiger partial charge is 0.305 e. The summed E-state index contributed by atoms with van der Waals surface area (Å²) in [7, 11) is 0. The molecule has 0 heterocycles. The normalized spacial score (nSPS) is 12.4. The van der Waals surface area contributed by atoms with Gasteiger partial charge in [0.2, 0.25) is 5.91 Å². The number of aliphatic hydroxyl groups excluding tert-OH is 2. The summed E-state index contributed by atoms with van der Waals surface area (Å²) in [6.07, 6.45) is 96.3. The van der Waals surface area contributed by atoms with E-state index in [1.54, 1.807) is 0 Å². The van der Waals surface area contributed by atoms with E-state index in [0.29, 0.717) is 25.9 Å². The number of rotatable bonds is 78. The average molecular weight is 1230 g/mol. The molecule has 0 aliphatic carbocycles. The van der Waals surface area contributed by atoms with Gasteiger partial charge in [0.05, 0.1) is 25.4 Å². The molecule has 0 saturated heterocycles. The molecule has 0 rings (SSSR count). The highest BCUT2D eigenvalue weighted by Crippen LogP contribution is 2.21. The molecule has 0 bridgehead atoms. The van der Waals surface area contributed by atoms with Crippen molar-refractivity contribution in [2.45, 2.75) is 495 Å². The second kappa shape index (κ2) is 77.3. The minimum Gasteiger partial charge on any atom is -0.466 e. The molecule has 0 spiro atoms. The van der Waals surface area contributed by atoms with E-state index in [2.05, 4.69) is 19.2 Å². The number of amides is 1. The first-order valence-electron chi connectivity index (χ1n) is 40.8. The van der Waals surface area contributed by atoms with Crippen molar-refractivity contribution >= 4 is 11.9 Å². The maximum atomic E-state index is 12.6. The Labute approximate surface area is 547 Å². The molecule has 520 valence electrons. The Morgan fingerprint density at radius 2 is 0.471 bits per heavy atom. The first-order valence-corrected chi connectivity index (χ1v) is 40.8. The van der Waals surface area contributed by atoms with Gasteiger partial charge in [0.1, 0.15) is 0 Å². The lowest BCUT2D eigenvalue weighted by Crippen LogP contribution is -2.45. The van der Waals surface area contributed by atoms with Crippen LogP contribution in [0.4, 0.5) is 0 Å². The summed E-state index contributed by atoms with van der Waals surface area (Å²) >= 11 is 0. The van der Waals surface area contributed by atoms with Crippen molar-refractivity contribution in [3.8, 4) is 0 Å². The van der Waals surface area contributed by atoms with E-state index in [9.17, 15) is 19.8 Å². The van der Waals surface area contributed by atoms with Crippen molar-refractivity contribution in [1.29, 1.82) is 0 Å². The summed E-state index contributed by atoms with van der Waals surface area (Å²) < 4.78 is 5.52. The first kappa shape index (κ1) is 85.9. The van der Waals surface area contributed by atoms with Crippen molar-refractivity contribution in [3.63, 3.8) is 0 Å². The van der Waals surface area contributed by atoms with Crippen molar-refractivity contribution in [1.82, 2.24) is 5.32 Å². The molecule has 0 aliphatic rings. The first-order chi connectivity index (χ1) is 43.0. The summed E-state index contributed by atoms with van der Waals surface area (Å²) in [5.41, 5.74) is 0. The monoisotopic (exact) mass is 1230 g/mol. The van der Waals surface area contributed by atoms with E-state index in [0.717, 1.165) is 38.5 Å². The Morgan fingerprint density at radius 3 is 0.701 bits per heavy atom. The van der Waals surface area contributed by atoms with Gasteiger partial charge in [0, 0.05) is 12.8 Å². The van der Waals surface area contributed by atoms with Crippen LogP contribution in [0.5, 0.6) is 0 Å². The number of esters is 1. The molecule has 0 aromatic heterocycles. The van der Waals surface area contributed by atoms with E-state index in [1.165, 1.54) is 411 Å². The maximum Gasteiger partial charge on any atom is 0.305 e. The quantitative estimate of drug-likeness (QED) is 0.0417. The van der Waals surface area contributed by atoms with Gasteiger partial charge in [-0.25, -0.2) is 0 Å². The molecular formula is C81H161NO5. The van der Waals surface area contributed by atoms with Crippen LogP contribution >= 0.6 is 0 Å². The Balaban J connectivity index is 3.31. The fourth-order valence-corrected chi connectivity index (χ4v) is 13.5. The zero-order chi connectivity index (χ0) is 62.8. The standard InChI is InChI=1S/C81H161NO5/c1-3-5-7-9-11-13-15-17-19-21-23-35-38-41-45-49-53-57-61-65-69-73-79(84)78(77-83)82-80(85)74-70-66-62-58-54-50-46-42-39-36-33-31-29-27-25-24-26-28-30-32-34-37-40-44-48-52-56-60-64-68-72-76-87-81(86)75-71-67-63-59-55-51-47-43-22-20-18-16-14-12-10-8-6-4-2/h78-79,83-84H,3-77H2,1-2H3,(H,82,85). The summed E-state index contributed by atoms with van der Waals surface area (Å²) in [6, 6.07) is -0.538. The summed E-state index contributed by atoms with van der Waals surface area (Å²) in [5, 5.41) is 23.5. The van der Waals surface area contributed by atoms with Crippen molar-refractivity contribution in [3.05, 3.63) is 0 Å².